The maximum atomic E-state index is 8.98. The molecule has 0 aliphatic rings. The molecule has 1 aromatic carbocycles. The molecule has 5 heteroatoms. The van der Waals surface area contributed by atoms with Crippen molar-refractivity contribution in [2.45, 2.75) is 0 Å². The summed E-state index contributed by atoms with van der Waals surface area (Å²) >= 11 is 0. The zero-order valence-corrected chi connectivity index (χ0v) is 7.08. The van der Waals surface area contributed by atoms with Crippen LogP contribution in [0.15, 0.2) is 29.3 Å². The van der Waals surface area contributed by atoms with E-state index in [4.69, 9.17) is 16.6 Å². The van der Waals surface area contributed by atoms with Crippen LogP contribution in [-0.2, 0) is 0 Å². The Hall–Kier alpha value is -1.42. The number of nitrogens with zero attached hydrogens (tertiary/aromatic N) is 1. The molecule has 0 atom stereocenters. The molecule has 0 heterocycles. The third kappa shape index (κ3) is 3.12. The van der Waals surface area contributed by atoms with Crippen molar-refractivity contribution >= 4 is 24.1 Å². The minimum absolute atomic E-state index is 0. The average molecular weight is 188 g/mol. The Labute approximate surface area is 76.3 Å². The third-order valence-electron chi connectivity index (χ3n) is 1.09. The number of halogens is 1. The number of phenolic OH excluding ortho intramolecular Hbond substituents is 1. The van der Waals surface area contributed by atoms with Gasteiger partial charge in [0.05, 0.1) is 5.69 Å². The molecule has 5 N–H and O–H groups in total. The highest BCUT2D eigenvalue weighted by Gasteiger charge is 1.90. The second kappa shape index (κ2) is 4.46. The minimum Gasteiger partial charge on any atom is -0.508 e. The summed E-state index contributed by atoms with van der Waals surface area (Å²) in [6.07, 6.45) is 0. The fourth-order valence-electron chi connectivity index (χ4n) is 0.712. The lowest BCUT2D eigenvalue weighted by Crippen LogP contribution is -2.21. The van der Waals surface area contributed by atoms with Crippen molar-refractivity contribution in [2.24, 2.45) is 16.5 Å². The van der Waals surface area contributed by atoms with E-state index in [2.05, 4.69) is 4.99 Å². The molecule has 0 radical (unpaired) electrons. The van der Waals surface area contributed by atoms with Crippen LogP contribution in [0.5, 0.6) is 5.75 Å². The third-order valence-corrected chi connectivity index (χ3v) is 1.09. The van der Waals surface area contributed by atoms with E-state index >= 15 is 0 Å². The number of aromatic hydroxyl groups is 1. The molecular formula is C7H10ClN3O. The van der Waals surface area contributed by atoms with Crippen molar-refractivity contribution < 1.29 is 5.11 Å². The zero-order chi connectivity index (χ0) is 8.27. The maximum Gasteiger partial charge on any atom is 0.191 e. The van der Waals surface area contributed by atoms with Crippen LogP contribution in [-0.4, -0.2) is 11.1 Å². The highest BCUT2D eigenvalue weighted by atomic mass is 35.5. The quantitative estimate of drug-likeness (QED) is 0.447. The van der Waals surface area contributed by atoms with Crippen molar-refractivity contribution in [2.75, 3.05) is 0 Å². The van der Waals surface area contributed by atoms with Crippen LogP contribution in [0.4, 0.5) is 5.69 Å². The Balaban J connectivity index is 0.00000121. The van der Waals surface area contributed by atoms with E-state index in [-0.39, 0.29) is 24.1 Å². The van der Waals surface area contributed by atoms with Crippen LogP contribution >= 0.6 is 12.4 Å². The first-order chi connectivity index (χ1) is 5.18. The van der Waals surface area contributed by atoms with Gasteiger partial charge in [0.1, 0.15) is 5.75 Å². The molecule has 0 aliphatic carbocycles. The molecule has 0 aromatic heterocycles. The van der Waals surface area contributed by atoms with Crippen molar-refractivity contribution in [3.05, 3.63) is 24.3 Å². The van der Waals surface area contributed by atoms with Gasteiger partial charge in [-0.2, -0.15) is 0 Å². The molecule has 66 valence electrons. The normalized spacial score (nSPS) is 8.33. The Morgan fingerprint density at radius 2 is 2.00 bits per heavy atom. The number of nitrogens with two attached hydrogens (primary N) is 2. The minimum atomic E-state index is -0.0180. The number of hydrogen-bond acceptors (Lipinski definition) is 2. The van der Waals surface area contributed by atoms with Crippen molar-refractivity contribution in [3.63, 3.8) is 0 Å². The van der Waals surface area contributed by atoms with Crippen LogP contribution in [0.2, 0.25) is 0 Å². The Bertz CT molecular complexity index is 284. The molecule has 0 aliphatic heterocycles. The molecule has 12 heavy (non-hydrogen) atoms. The lowest BCUT2D eigenvalue weighted by atomic mass is 10.3. The molecule has 4 nitrogen and oxygen atoms in total. The van der Waals surface area contributed by atoms with Gasteiger partial charge in [-0.05, 0) is 12.1 Å². The molecule has 0 unspecified atom stereocenters. The van der Waals surface area contributed by atoms with Gasteiger partial charge in [0.2, 0.25) is 0 Å². The molecule has 1 aromatic rings. The van der Waals surface area contributed by atoms with E-state index in [1.54, 1.807) is 18.2 Å². The van der Waals surface area contributed by atoms with E-state index in [0.717, 1.165) is 0 Å². The van der Waals surface area contributed by atoms with Gasteiger partial charge in [-0.25, -0.2) is 4.99 Å². The average Bonchev–Trinajstić information content (AvgIpc) is 1.85. The molecule has 0 bridgehead atoms. The smallest absolute Gasteiger partial charge is 0.191 e. The number of hydrogen-bond donors (Lipinski definition) is 3. The topological polar surface area (TPSA) is 84.6 Å². The van der Waals surface area contributed by atoms with E-state index in [1.165, 1.54) is 6.07 Å². The SMILES string of the molecule is Cl.NC(N)=Nc1cccc(O)c1. The van der Waals surface area contributed by atoms with Crippen LogP contribution in [0.25, 0.3) is 0 Å². The Morgan fingerprint density at radius 1 is 1.33 bits per heavy atom. The lowest BCUT2D eigenvalue weighted by molar-refractivity contribution is 0.475. The first kappa shape index (κ1) is 10.6. The van der Waals surface area contributed by atoms with Crippen molar-refractivity contribution in [3.8, 4) is 5.75 Å². The van der Waals surface area contributed by atoms with E-state index < -0.39 is 0 Å². The largest absolute Gasteiger partial charge is 0.508 e. The summed E-state index contributed by atoms with van der Waals surface area (Å²) in [5.74, 6) is 0.128. The number of aliphatic imine (C=N–C) groups is 1. The van der Waals surface area contributed by atoms with Crippen LogP contribution in [0.1, 0.15) is 0 Å². The van der Waals surface area contributed by atoms with Gasteiger partial charge >= 0.3 is 0 Å². The summed E-state index contributed by atoms with van der Waals surface area (Å²) in [4.78, 5) is 3.73. The van der Waals surface area contributed by atoms with Gasteiger partial charge in [0.15, 0.2) is 5.96 Å². The molecule has 0 saturated carbocycles. The van der Waals surface area contributed by atoms with Gasteiger partial charge < -0.3 is 16.6 Å². The van der Waals surface area contributed by atoms with Crippen LogP contribution in [0, 0.1) is 0 Å². The molecule has 0 spiro atoms. The summed E-state index contributed by atoms with van der Waals surface area (Å²) in [5, 5.41) is 8.98. The monoisotopic (exact) mass is 187 g/mol. The van der Waals surface area contributed by atoms with Crippen LogP contribution in [0.3, 0.4) is 0 Å². The second-order valence-corrected chi connectivity index (χ2v) is 2.06. The highest BCUT2D eigenvalue weighted by Crippen LogP contribution is 2.17. The molecule has 0 amide bonds. The molecule has 0 fully saturated rings. The number of phenols is 1. The highest BCUT2D eigenvalue weighted by molar-refractivity contribution is 5.85. The number of guanidine groups is 1. The fourth-order valence-corrected chi connectivity index (χ4v) is 0.712. The maximum absolute atomic E-state index is 8.98. The summed E-state index contributed by atoms with van der Waals surface area (Å²) in [5.41, 5.74) is 10.8. The first-order valence-corrected chi connectivity index (χ1v) is 3.07. The fraction of sp³-hybridized carbons (Fsp3) is 0. The molecule has 0 saturated heterocycles. The van der Waals surface area contributed by atoms with E-state index in [0.29, 0.717) is 5.69 Å². The summed E-state index contributed by atoms with van der Waals surface area (Å²) < 4.78 is 0. The Morgan fingerprint density at radius 3 is 2.50 bits per heavy atom. The molecule has 1 rings (SSSR count). The van der Waals surface area contributed by atoms with Gasteiger partial charge in [-0.1, -0.05) is 6.07 Å². The van der Waals surface area contributed by atoms with Gasteiger partial charge in [-0.3, -0.25) is 0 Å². The lowest BCUT2D eigenvalue weighted by Gasteiger charge is -1.94. The summed E-state index contributed by atoms with van der Waals surface area (Å²) in [6, 6.07) is 6.38. The van der Waals surface area contributed by atoms with Gasteiger partial charge in [0.25, 0.3) is 0 Å². The van der Waals surface area contributed by atoms with Gasteiger partial charge in [0, 0.05) is 6.07 Å². The summed E-state index contributed by atoms with van der Waals surface area (Å²) in [7, 11) is 0. The number of rotatable bonds is 1. The first-order valence-electron chi connectivity index (χ1n) is 3.07. The summed E-state index contributed by atoms with van der Waals surface area (Å²) in [6.45, 7) is 0. The number of benzene rings is 1. The van der Waals surface area contributed by atoms with Crippen molar-refractivity contribution in [1.82, 2.24) is 0 Å². The zero-order valence-electron chi connectivity index (χ0n) is 6.27. The predicted molar refractivity (Wildman–Crippen MR) is 50.8 cm³/mol. The van der Waals surface area contributed by atoms with Crippen LogP contribution < -0.4 is 11.5 Å². The van der Waals surface area contributed by atoms with Crippen molar-refractivity contribution in [1.29, 1.82) is 0 Å². The standard InChI is InChI=1S/C7H9N3O.ClH/c8-7(9)10-5-2-1-3-6(11)4-5;/h1-4,11H,(H4,8,9,10);1H. The van der Waals surface area contributed by atoms with E-state index in [9.17, 15) is 0 Å². The Kier molecular flexibility index (Phi) is 3.93. The molecular weight excluding hydrogens is 178 g/mol. The second-order valence-electron chi connectivity index (χ2n) is 2.06. The van der Waals surface area contributed by atoms with E-state index in [1.807, 2.05) is 0 Å². The predicted octanol–water partition coefficient (Wildman–Crippen LogP) is 0.719. The van der Waals surface area contributed by atoms with Gasteiger partial charge in [-0.15, -0.1) is 12.4 Å².